The number of carbonyl (C=O) groups is 3. The standard InChI is InChI=1S/C19H27N3O3S.C4H4O4/c1-13(2)22-18(25)15(16(23)14-7-12-26-19(14)22)17(24)20-8-6-11-21-9-4-3-5-10-21;5-3(6)1-2-4(7)8/h7,12-13,23H,3-6,8-11H2,1-2H3,(H,20,24);1-2H,(H,5,6)(H,7,8)/b;2-1-. The Morgan fingerprint density at radius 2 is 1.74 bits per heavy atom. The Kier molecular flexibility index (Phi) is 10.3. The number of amides is 1. The minimum absolute atomic E-state index is 0.0881. The molecule has 3 rings (SSSR count). The summed E-state index contributed by atoms with van der Waals surface area (Å²) in [5.41, 5.74) is -0.580. The second-order valence-corrected chi connectivity index (χ2v) is 9.05. The number of carbonyl (C=O) groups excluding carboxylic acids is 1. The number of thiophene rings is 1. The van der Waals surface area contributed by atoms with E-state index in [1.165, 1.54) is 30.6 Å². The topological polar surface area (TPSA) is 149 Å². The number of aliphatic carboxylic acids is 2. The number of hydrogen-bond acceptors (Lipinski definition) is 7. The molecule has 1 fully saturated rings. The van der Waals surface area contributed by atoms with Gasteiger partial charge in [-0.25, -0.2) is 9.59 Å². The smallest absolute Gasteiger partial charge is 0.328 e. The van der Waals surface area contributed by atoms with Gasteiger partial charge in [0.15, 0.2) is 0 Å². The van der Waals surface area contributed by atoms with Crippen LogP contribution in [-0.4, -0.2) is 68.8 Å². The maximum atomic E-state index is 12.8. The lowest BCUT2D eigenvalue weighted by Crippen LogP contribution is -2.36. The molecule has 1 aliphatic heterocycles. The van der Waals surface area contributed by atoms with E-state index >= 15 is 0 Å². The quantitative estimate of drug-likeness (QED) is 0.324. The largest absolute Gasteiger partial charge is 0.506 e. The lowest BCUT2D eigenvalue weighted by atomic mass is 10.1. The number of fused-ring (bicyclic) bond motifs is 1. The highest BCUT2D eigenvalue weighted by Crippen LogP contribution is 2.31. The number of carboxylic acids is 2. The molecule has 0 radical (unpaired) electrons. The molecular formula is C23H31N3O7S. The van der Waals surface area contributed by atoms with Gasteiger partial charge >= 0.3 is 11.9 Å². The molecule has 0 spiro atoms. The zero-order chi connectivity index (χ0) is 25.3. The molecule has 0 bridgehead atoms. The fourth-order valence-corrected chi connectivity index (χ4v) is 4.74. The van der Waals surface area contributed by atoms with Crippen LogP contribution in [0.5, 0.6) is 5.75 Å². The first kappa shape index (κ1) is 27.1. The van der Waals surface area contributed by atoms with Crippen molar-refractivity contribution in [3.05, 3.63) is 39.5 Å². The molecule has 34 heavy (non-hydrogen) atoms. The summed E-state index contributed by atoms with van der Waals surface area (Å²) < 4.78 is 1.59. The predicted octanol–water partition coefficient (Wildman–Crippen LogP) is 2.67. The SMILES string of the molecule is CC(C)n1c(=O)c(C(=O)NCCCN2CCCCC2)c(O)c2ccsc21.O=C(O)/C=C\C(=O)O. The number of nitrogens with one attached hydrogen (secondary N) is 1. The lowest BCUT2D eigenvalue weighted by Gasteiger charge is -2.26. The molecule has 0 saturated carbocycles. The van der Waals surface area contributed by atoms with Crippen molar-refractivity contribution in [3.8, 4) is 5.75 Å². The van der Waals surface area contributed by atoms with Crippen LogP contribution in [0.3, 0.4) is 0 Å². The van der Waals surface area contributed by atoms with Gasteiger partial charge in [-0.15, -0.1) is 11.3 Å². The third kappa shape index (κ3) is 7.42. The first-order valence-corrected chi connectivity index (χ1v) is 12.0. The average Bonchev–Trinajstić information content (AvgIpc) is 3.26. The number of pyridine rings is 1. The Labute approximate surface area is 201 Å². The lowest BCUT2D eigenvalue weighted by molar-refractivity contribution is -0.134. The van der Waals surface area contributed by atoms with Gasteiger partial charge in [0.05, 0.1) is 5.39 Å². The second-order valence-electron chi connectivity index (χ2n) is 8.15. The molecule has 0 unspecified atom stereocenters. The van der Waals surface area contributed by atoms with E-state index in [4.69, 9.17) is 10.2 Å². The summed E-state index contributed by atoms with van der Waals surface area (Å²) in [5, 5.41) is 31.3. The minimum atomic E-state index is -1.26. The normalized spacial score (nSPS) is 14.2. The number of likely N-dealkylation sites (tertiary alicyclic amines) is 1. The second kappa shape index (κ2) is 12.9. The summed E-state index contributed by atoms with van der Waals surface area (Å²) in [5.74, 6) is -3.22. The Morgan fingerprint density at radius 3 is 2.29 bits per heavy atom. The molecule has 1 saturated heterocycles. The van der Waals surface area contributed by atoms with Crippen molar-refractivity contribution in [2.45, 2.75) is 45.6 Å². The monoisotopic (exact) mass is 493 g/mol. The molecule has 10 nitrogen and oxygen atoms in total. The highest BCUT2D eigenvalue weighted by atomic mass is 32.1. The van der Waals surface area contributed by atoms with Gasteiger partial charge in [0, 0.05) is 24.7 Å². The van der Waals surface area contributed by atoms with Crippen LogP contribution >= 0.6 is 11.3 Å². The summed E-state index contributed by atoms with van der Waals surface area (Å²) >= 11 is 1.39. The molecule has 3 heterocycles. The summed E-state index contributed by atoms with van der Waals surface area (Å²) in [6, 6.07) is 1.66. The molecule has 4 N–H and O–H groups in total. The van der Waals surface area contributed by atoms with Crippen molar-refractivity contribution >= 4 is 39.4 Å². The molecule has 1 aliphatic rings. The van der Waals surface area contributed by atoms with Crippen LogP contribution in [0.4, 0.5) is 0 Å². The van der Waals surface area contributed by atoms with Crippen LogP contribution in [0.15, 0.2) is 28.4 Å². The van der Waals surface area contributed by atoms with E-state index in [1.807, 2.05) is 19.2 Å². The minimum Gasteiger partial charge on any atom is -0.506 e. The van der Waals surface area contributed by atoms with Crippen molar-refractivity contribution in [1.29, 1.82) is 0 Å². The summed E-state index contributed by atoms with van der Waals surface area (Å²) in [6.45, 7) is 7.50. The molecule has 186 valence electrons. The average molecular weight is 494 g/mol. The zero-order valence-corrected chi connectivity index (χ0v) is 20.1. The maximum absolute atomic E-state index is 12.8. The Morgan fingerprint density at radius 1 is 1.12 bits per heavy atom. The van der Waals surface area contributed by atoms with E-state index in [9.17, 15) is 24.3 Å². The van der Waals surface area contributed by atoms with Gasteiger partial charge in [-0.3, -0.25) is 14.2 Å². The highest BCUT2D eigenvalue weighted by molar-refractivity contribution is 7.16. The van der Waals surface area contributed by atoms with E-state index in [2.05, 4.69) is 10.2 Å². The van der Waals surface area contributed by atoms with Crippen LogP contribution in [0, 0.1) is 0 Å². The van der Waals surface area contributed by atoms with Crippen molar-refractivity contribution in [3.63, 3.8) is 0 Å². The first-order valence-electron chi connectivity index (χ1n) is 11.1. The van der Waals surface area contributed by atoms with Crippen LogP contribution < -0.4 is 10.9 Å². The number of piperidine rings is 1. The first-order chi connectivity index (χ1) is 16.1. The Balaban J connectivity index is 0.000000440. The molecule has 11 heteroatoms. The van der Waals surface area contributed by atoms with E-state index in [1.54, 1.807) is 10.6 Å². The van der Waals surface area contributed by atoms with E-state index in [-0.39, 0.29) is 17.4 Å². The van der Waals surface area contributed by atoms with Crippen molar-refractivity contribution in [1.82, 2.24) is 14.8 Å². The van der Waals surface area contributed by atoms with Gasteiger partial charge in [0.25, 0.3) is 11.5 Å². The summed E-state index contributed by atoms with van der Waals surface area (Å²) in [4.78, 5) is 47.6. The number of aromatic hydroxyl groups is 1. The van der Waals surface area contributed by atoms with Gasteiger partial charge in [0.2, 0.25) is 0 Å². The number of rotatable bonds is 8. The third-order valence-corrected chi connectivity index (χ3v) is 6.20. The van der Waals surface area contributed by atoms with Crippen molar-refractivity contribution in [2.24, 2.45) is 0 Å². The Hall–Kier alpha value is -3.18. The number of aromatic nitrogens is 1. The fraction of sp³-hybridized carbons (Fsp3) is 0.478. The summed E-state index contributed by atoms with van der Waals surface area (Å²) in [7, 11) is 0. The van der Waals surface area contributed by atoms with Crippen molar-refractivity contribution in [2.75, 3.05) is 26.2 Å². The predicted molar refractivity (Wildman–Crippen MR) is 130 cm³/mol. The van der Waals surface area contributed by atoms with Gasteiger partial charge in [-0.05, 0) is 64.2 Å². The third-order valence-electron chi connectivity index (χ3n) is 5.29. The van der Waals surface area contributed by atoms with E-state index < -0.39 is 23.4 Å². The molecule has 0 aliphatic carbocycles. The molecule has 1 amide bonds. The Bertz CT molecular complexity index is 1080. The molecule has 0 atom stereocenters. The van der Waals surface area contributed by atoms with Crippen LogP contribution in [-0.2, 0) is 9.59 Å². The molecule has 2 aromatic rings. The molecular weight excluding hydrogens is 462 g/mol. The van der Waals surface area contributed by atoms with E-state index in [0.717, 1.165) is 26.1 Å². The number of carboxylic acid groups (broad SMARTS) is 2. The van der Waals surface area contributed by atoms with Crippen molar-refractivity contribution < 1.29 is 29.7 Å². The van der Waals surface area contributed by atoms with Crippen LogP contribution in [0.2, 0.25) is 0 Å². The fourth-order valence-electron chi connectivity index (χ4n) is 3.71. The summed E-state index contributed by atoms with van der Waals surface area (Å²) in [6.07, 6.45) is 5.75. The van der Waals surface area contributed by atoms with Crippen LogP contribution in [0.1, 0.15) is 55.9 Å². The van der Waals surface area contributed by atoms with E-state index in [0.29, 0.717) is 28.9 Å². The number of nitrogens with zero attached hydrogens (tertiary/aromatic N) is 2. The highest BCUT2D eigenvalue weighted by Gasteiger charge is 2.23. The van der Waals surface area contributed by atoms with Crippen LogP contribution in [0.25, 0.3) is 10.2 Å². The zero-order valence-electron chi connectivity index (χ0n) is 19.3. The molecule has 0 aromatic carbocycles. The van der Waals surface area contributed by atoms with Gasteiger partial charge in [-0.2, -0.15) is 0 Å². The number of hydrogen-bond donors (Lipinski definition) is 4. The molecule has 2 aromatic heterocycles. The van der Waals surface area contributed by atoms with Gasteiger partial charge in [0.1, 0.15) is 16.1 Å². The van der Waals surface area contributed by atoms with Gasteiger partial charge in [-0.1, -0.05) is 6.42 Å². The van der Waals surface area contributed by atoms with Gasteiger partial charge < -0.3 is 25.5 Å². The maximum Gasteiger partial charge on any atom is 0.328 e.